The lowest BCUT2D eigenvalue weighted by Crippen LogP contribution is -2.11. The second-order valence-electron chi connectivity index (χ2n) is 5.64. The first kappa shape index (κ1) is 18.5. The fourth-order valence-electron chi connectivity index (χ4n) is 2.09. The molecule has 0 saturated carbocycles. The molecule has 0 saturated heterocycles. The first-order valence-corrected chi connectivity index (χ1v) is 8.27. The summed E-state index contributed by atoms with van der Waals surface area (Å²) >= 11 is 1.04. The third-order valence-corrected chi connectivity index (χ3v) is 4.22. The van der Waals surface area contributed by atoms with Gasteiger partial charge < -0.3 is 4.74 Å². The molecule has 1 heterocycles. The topological polar surface area (TPSA) is 111 Å². The number of thiazole rings is 1. The third kappa shape index (κ3) is 4.60. The maximum Gasteiger partial charge on any atom is 0.350 e. The smallest absolute Gasteiger partial charge is 0.350 e. The van der Waals surface area contributed by atoms with Crippen LogP contribution in [0.25, 0.3) is 0 Å². The van der Waals surface area contributed by atoms with Gasteiger partial charge in [0.15, 0.2) is 5.13 Å². The summed E-state index contributed by atoms with van der Waals surface area (Å²) in [6.07, 6.45) is 0.578. The van der Waals surface area contributed by atoms with Crippen LogP contribution in [-0.4, -0.2) is 28.9 Å². The number of esters is 1. The van der Waals surface area contributed by atoms with E-state index in [0.717, 1.165) is 11.3 Å². The Labute approximate surface area is 148 Å². The van der Waals surface area contributed by atoms with Gasteiger partial charge in [-0.1, -0.05) is 25.2 Å². The minimum Gasteiger partial charge on any atom is -0.465 e. The van der Waals surface area contributed by atoms with E-state index < -0.39 is 16.8 Å². The van der Waals surface area contributed by atoms with Gasteiger partial charge in [-0.15, -0.1) is 0 Å². The SMILES string of the molecule is COC(=O)c1sc(NC(=O)c2ccc([N+](=O)[O-])cc2)nc1CC(C)C. The van der Waals surface area contributed by atoms with Gasteiger partial charge in [0.05, 0.1) is 17.7 Å². The van der Waals surface area contributed by atoms with Crippen molar-refractivity contribution >= 4 is 34.0 Å². The molecule has 2 rings (SSSR count). The van der Waals surface area contributed by atoms with Crippen molar-refractivity contribution in [3.8, 4) is 0 Å². The minimum atomic E-state index is -0.538. The Morgan fingerprint density at radius 3 is 2.48 bits per heavy atom. The molecule has 1 aromatic heterocycles. The number of benzene rings is 1. The molecule has 0 aliphatic carbocycles. The molecule has 8 nitrogen and oxygen atoms in total. The van der Waals surface area contributed by atoms with Crippen molar-refractivity contribution < 1.29 is 19.2 Å². The lowest BCUT2D eigenvalue weighted by Gasteiger charge is -2.03. The summed E-state index contributed by atoms with van der Waals surface area (Å²) in [6.45, 7) is 3.99. The van der Waals surface area contributed by atoms with E-state index in [2.05, 4.69) is 10.3 Å². The van der Waals surface area contributed by atoms with E-state index in [1.165, 1.54) is 31.4 Å². The van der Waals surface area contributed by atoms with Crippen LogP contribution in [0.1, 0.15) is 39.6 Å². The minimum absolute atomic E-state index is 0.0991. The molecule has 0 spiro atoms. The van der Waals surface area contributed by atoms with Crippen LogP contribution in [0.4, 0.5) is 10.8 Å². The Hall–Kier alpha value is -2.81. The van der Waals surface area contributed by atoms with E-state index in [4.69, 9.17) is 4.74 Å². The van der Waals surface area contributed by atoms with Crippen LogP contribution in [0.5, 0.6) is 0 Å². The molecule has 2 aromatic rings. The van der Waals surface area contributed by atoms with Crippen LogP contribution in [0.2, 0.25) is 0 Å². The van der Waals surface area contributed by atoms with Crippen molar-refractivity contribution in [1.29, 1.82) is 0 Å². The van der Waals surface area contributed by atoms with Crippen LogP contribution < -0.4 is 5.32 Å². The van der Waals surface area contributed by atoms with Crippen molar-refractivity contribution in [2.24, 2.45) is 5.92 Å². The highest BCUT2D eigenvalue weighted by molar-refractivity contribution is 7.17. The number of carbonyl (C=O) groups is 2. The van der Waals surface area contributed by atoms with Crippen LogP contribution >= 0.6 is 11.3 Å². The number of nitrogens with zero attached hydrogens (tertiary/aromatic N) is 2. The van der Waals surface area contributed by atoms with E-state index >= 15 is 0 Å². The number of nitrogens with one attached hydrogen (secondary N) is 1. The average molecular weight is 363 g/mol. The zero-order valence-electron chi connectivity index (χ0n) is 13.9. The first-order chi connectivity index (χ1) is 11.8. The summed E-state index contributed by atoms with van der Waals surface area (Å²) in [4.78, 5) is 38.9. The van der Waals surface area contributed by atoms with Gasteiger partial charge in [0, 0.05) is 17.7 Å². The molecule has 0 unspecified atom stereocenters. The Morgan fingerprint density at radius 1 is 1.32 bits per heavy atom. The summed E-state index contributed by atoms with van der Waals surface area (Å²) in [5.74, 6) is -0.677. The molecule has 0 atom stereocenters. The van der Waals surface area contributed by atoms with E-state index in [0.29, 0.717) is 17.0 Å². The average Bonchev–Trinajstić information content (AvgIpc) is 2.95. The number of rotatable bonds is 6. The zero-order chi connectivity index (χ0) is 18.6. The Morgan fingerprint density at radius 2 is 1.96 bits per heavy atom. The molecule has 1 amide bonds. The predicted octanol–water partition coefficient (Wildman–Crippen LogP) is 3.29. The van der Waals surface area contributed by atoms with Gasteiger partial charge in [-0.05, 0) is 24.5 Å². The molecule has 0 aliphatic heterocycles. The van der Waals surface area contributed by atoms with Crippen LogP contribution in [0, 0.1) is 16.0 Å². The molecular weight excluding hydrogens is 346 g/mol. The highest BCUT2D eigenvalue weighted by Crippen LogP contribution is 2.26. The summed E-state index contributed by atoms with van der Waals surface area (Å²) in [5.41, 5.74) is 0.731. The number of anilines is 1. The molecule has 132 valence electrons. The van der Waals surface area contributed by atoms with Crippen molar-refractivity contribution in [1.82, 2.24) is 4.98 Å². The molecule has 25 heavy (non-hydrogen) atoms. The zero-order valence-corrected chi connectivity index (χ0v) is 14.8. The summed E-state index contributed by atoms with van der Waals surface area (Å²) in [7, 11) is 1.29. The summed E-state index contributed by atoms with van der Waals surface area (Å²) in [5, 5.41) is 13.5. The molecule has 9 heteroatoms. The Bertz CT molecular complexity index is 799. The molecule has 0 bridgehead atoms. The Kier molecular flexibility index (Phi) is 5.81. The highest BCUT2D eigenvalue weighted by atomic mass is 32.1. The van der Waals surface area contributed by atoms with Crippen molar-refractivity contribution in [2.45, 2.75) is 20.3 Å². The first-order valence-electron chi connectivity index (χ1n) is 7.45. The fourth-order valence-corrected chi connectivity index (χ4v) is 2.99. The molecule has 0 fully saturated rings. The number of aromatic nitrogens is 1. The molecular formula is C16H17N3O5S. The lowest BCUT2D eigenvalue weighted by molar-refractivity contribution is -0.384. The maximum atomic E-state index is 12.2. The second kappa shape index (κ2) is 7.84. The number of methoxy groups -OCH3 is 1. The molecule has 1 aromatic carbocycles. The predicted molar refractivity (Wildman–Crippen MR) is 93.0 cm³/mol. The largest absolute Gasteiger partial charge is 0.465 e. The quantitative estimate of drug-likeness (QED) is 0.479. The van der Waals surface area contributed by atoms with Crippen molar-refractivity contribution in [2.75, 3.05) is 12.4 Å². The van der Waals surface area contributed by atoms with Gasteiger partial charge in [0.25, 0.3) is 11.6 Å². The van der Waals surface area contributed by atoms with Gasteiger partial charge in [-0.3, -0.25) is 20.2 Å². The monoisotopic (exact) mass is 363 g/mol. The van der Waals surface area contributed by atoms with E-state index in [-0.39, 0.29) is 22.3 Å². The van der Waals surface area contributed by atoms with Gasteiger partial charge in [0.2, 0.25) is 0 Å². The Balaban J connectivity index is 2.21. The lowest BCUT2D eigenvalue weighted by atomic mass is 10.1. The van der Waals surface area contributed by atoms with E-state index in [1.54, 1.807) is 0 Å². The van der Waals surface area contributed by atoms with Gasteiger partial charge in [-0.2, -0.15) is 0 Å². The second-order valence-corrected chi connectivity index (χ2v) is 6.64. The number of hydrogen-bond donors (Lipinski definition) is 1. The number of nitro benzene ring substituents is 1. The van der Waals surface area contributed by atoms with Crippen LogP contribution in [0.15, 0.2) is 24.3 Å². The van der Waals surface area contributed by atoms with Gasteiger partial charge in [0.1, 0.15) is 4.88 Å². The summed E-state index contributed by atoms with van der Waals surface area (Å²) < 4.78 is 4.75. The normalized spacial score (nSPS) is 10.6. The number of non-ortho nitro benzene ring substituents is 1. The van der Waals surface area contributed by atoms with Crippen LogP contribution in [-0.2, 0) is 11.2 Å². The third-order valence-electron chi connectivity index (χ3n) is 3.23. The van der Waals surface area contributed by atoms with Crippen molar-refractivity contribution in [3.63, 3.8) is 0 Å². The molecule has 0 aliphatic rings. The number of hydrogen-bond acceptors (Lipinski definition) is 7. The number of carbonyl (C=O) groups excluding carboxylic acids is 2. The fraction of sp³-hybridized carbons (Fsp3) is 0.312. The maximum absolute atomic E-state index is 12.2. The number of amides is 1. The van der Waals surface area contributed by atoms with Gasteiger partial charge >= 0.3 is 5.97 Å². The van der Waals surface area contributed by atoms with E-state index in [9.17, 15) is 19.7 Å². The standard InChI is InChI=1S/C16H17N3O5S/c1-9(2)8-12-13(15(21)24-3)25-16(17-12)18-14(20)10-4-6-11(7-5-10)19(22)23/h4-7,9H,8H2,1-3H3,(H,17,18,20). The van der Waals surface area contributed by atoms with E-state index in [1.807, 2.05) is 13.8 Å². The summed E-state index contributed by atoms with van der Waals surface area (Å²) in [6, 6.07) is 5.22. The van der Waals surface area contributed by atoms with Crippen LogP contribution in [0.3, 0.4) is 0 Å². The molecule has 1 N–H and O–H groups in total. The van der Waals surface area contributed by atoms with Gasteiger partial charge in [-0.25, -0.2) is 9.78 Å². The number of ether oxygens (including phenoxy) is 1. The highest BCUT2D eigenvalue weighted by Gasteiger charge is 2.21. The molecule has 0 radical (unpaired) electrons. The number of nitro groups is 1. The van der Waals surface area contributed by atoms with Crippen molar-refractivity contribution in [3.05, 3.63) is 50.5 Å².